The molecule has 1 rings (SSSR count). The summed E-state index contributed by atoms with van der Waals surface area (Å²) in [6, 6.07) is 1.80. The lowest BCUT2D eigenvalue weighted by Crippen LogP contribution is -2.32. The molecule has 0 unspecified atom stereocenters. The first kappa shape index (κ1) is 14.5. The summed E-state index contributed by atoms with van der Waals surface area (Å²) in [6.07, 6.45) is 1.82. The first-order valence-electron chi connectivity index (χ1n) is 6.26. The molecule has 6 heteroatoms. The van der Waals surface area contributed by atoms with E-state index in [1.165, 1.54) is 0 Å². The van der Waals surface area contributed by atoms with Gasteiger partial charge in [0, 0.05) is 25.1 Å². The van der Waals surface area contributed by atoms with Crippen molar-refractivity contribution >= 4 is 17.6 Å². The standard InChI is InChI=1S/C12H23N5O/c1-4-12(5-2,8-18)7-15-10-6-9(14-3)16-11(13)17-10/h6,18H,4-5,7-8H2,1-3H3,(H4,13,14,15,16,17). The van der Waals surface area contributed by atoms with Gasteiger partial charge in [0.25, 0.3) is 0 Å². The van der Waals surface area contributed by atoms with Crippen LogP contribution in [0, 0.1) is 5.41 Å². The Bertz CT molecular complexity index is 370. The number of aliphatic hydroxyl groups is 1. The first-order chi connectivity index (χ1) is 8.59. The summed E-state index contributed by atoms with van der Waals surface area (Å²) in [5.74, 6) is 1.58. The third-order valence-corrected chi connectivity index (χ3v) is 3.48. The van der Waals surface area contributed by atoms with Crippen molar-refractivity contribution in [3.63, 3.8) is 0 Å². The summed E-state index contributed by atoms with van der Waals surface area (Å²) in [4.78, 5) is 8.15. The maximum atomic E-state index is 9.50. The Kier molecular flexibility index (Phi) is 5.15. The van der Waals surface area contributed by atoms with E-state index in [1.807, 2.05) is 0 Å². The molecule has 1 aromatic rings. The van der Waals surface area contributed by atoms with Gasteiger partial charge < -0.3 is 21.5 Å². The van der Waals surface area contributed by atoms with Crippen LogP contribution < -0.4 is 16.4 Å². The van der Waals surface area contributed by atoms with Crippen molar-refractivity contribution in [1.29, 1.82) is 0 Å². The van der Waals surface area contributed by atoms with Crippen LogP contribution in [-0.4, -0.2) is 35.3 Å². The molecule has 0 atom stereocenters. The zero-order chi connectivity index (χ0) is 13.6. The second-order valence-electron chi connectivity index (χ2n) is 4.47. The Hall–Kier alpha value is -1.56. The van der Waals surface area contributed by atoms with E-state index in [4.69, 9.17) is 5.73 Å². The molecule has 0 amide bonds. The number of aromatic nitrogens is 2. The van der Waals surface area contributed by atoms with E-state index in [0.29, 0.717) is 18.2 Å². The molecule has 0 spiro atoms. The number of nitrogens with one attached hydrogen (secondary N) is 2. The summed E-state index contributed by atoms with van der Waals surface area (Å²) in [5, 5.41) is 15.6. The van der Waals surface area contributed by atoms with Crippen LogP contribution in [0.15, 0.2) is 6.07 Å². The molecule has 1 aromatic heterocycles. The fourth-order valence-electron chi connectivity index (χ4n) is 1.74. The van der Waals surface area contributed by atoms with E-state index in [-0.39, 0.29) is 18.0 Å². The Morgan fingerprint density at radius 1 is 1.28 bits per heavy atom. The third-order valence-electron chi connectivity index (χ3n) is 3.48. The minimum absolute atomic E-state index is 0.112. The molecular formula is C12H23N5O. The zero-order valence-electron chi connectivity index (χ0n) is 11.3. The minimum Gasteiger partial charge on any atom is -0.396 e. The van der Waals surface area contributed by atoms with Gasteiger partial charge in [0.15, 0.2) is 0 Å². The van der Waals surface area contributed by atoms with Crippen LogP contribution in [-0.2, 0) is 0 Å². The van der Waals surface area contributed by atoms with Gasteiger partial charge in [-0.3, -0.25) is 0 Å². The second kappa shape index (κ2) is 6.39. The van der Waals surface area contributed by atoms with Crippen LogP contribution in [0.4, 0.5) is 17.6 Å². The molecule has 6 nitrogen and oxygen atoms in total. The molecular weight excluding hydrogens is 230 g/mol. The molecule has 0 bridgehead atoms. The van der Waals surface area contributed by atoms with Crippen molar-refractivity contribution in [3.05, 3.63) is 6.07 Å². The largest absolute Gasteiger partial charge is 0.396 e. The van der Waals surface area contributed by atoms with E-state index in [9.17, 15) is 5.11 Å². The highest BCUT2D eigenvalue weighted by atomic mass is 16.3. The lowest BCUT2D eigenvalue weighted by molar-refractivity contribution is 0.127. The molecule has 0 aliphatic carbocycles. The number of hydrogen-bond donors (Lipinski definition) is 4. The Morgan fingerprint density at radius 2 is 1.89 bits per heavy atom. The zero-order valence-corrected chi connectivity index (χ0v) is 11.3. The molecule has 0 aliphatic heterocycles. The van der Waals surface area contributed by atoms with E-state index in [1.54, 1.807) is 13.1 Å². The average Bonchev–Trinajstić information content (AvgIpc) is 2.40. The van der Waals surface area contributed by atoms with Crippen LogP contribution in [0.2, 0.25) is 0 Å². The maximum absolute atomic E-state index is 9.50. The summed E-state index contributed by atoms with van der Waals surface area (Å²) < 4.78 is 0. The van der Waals surface area contributed by atoms with Gasteiger partial charge in [-0.25, -0.2) is 0 Å². The lowest BCUT2D eigenvalue weighted by Gasteiger charge is -2.29. The number of nitrogens with zero attached hydrogens (tertiary/aromatic N) is 2. The highest BCUT2D eigenvalue weighted by molar-refractivity contribution is 5.50. The normalized spacial score (nSPS) is 11.3. The third kappa shape index (κ3) is 3.46. The highest BCUT2D eigenvalue weighted by Crippen LogP contribution is 2.26. The number of rotatable bonds is 7. The summed E-state index contributed by atoms with van der Waals surface area (Å²) in [6.45, 7) is 4.98. The van der Waals surface area contributed by atoms with Crippen molar-refractivity contribution in [2.24, 2.45) is 5.41 Å². The van der Waals surface area contributed by atoms with E-state index in [0.717, 1.165) is 12.8 Å². The van der Waals surface area contributed by atoms with Crippen molar-refractivity contribution in [3.8, 4) is 0 Å². The molecule has 1 heterocycles. The maximum Gasteiger partial charge on any atom is 0.223 e. The van der Waals surface area contributed by atoms with Crippen LogP contribution in [0.25, 0.3) is 0 Å². The summed E-state index contributed by atoms with van der Waals surface area (Å²) >= 11 is 0. The quantitative estimate of drug-likeness (QED) is 0.585. The number of anilines is 3. The molecule has 0 aliphatic rings. The fraction of sp³-hybridized carbons (Fsp3) is 0.667. The molecule has 0 saturated carbocycles. The van der Waals surface area contributed by atoms with Crippen molar-refractivity contribution in [1.82, 2.24) is 9.97 Å². The molecule has 0 radical (unpaired) electrons. The van der Waals surface area contributed by atoms with Crippen molar-refractivity contribution in [2.75, 3.05) is 36.6 Å². The number of hydrogen-bond acceptors (Lipinski definition) is 6. The van der Waals surface area contributed by atoms with Gasteiger partial charge in [0.05, 0.1) is 6.61 Å². The van der Waals surface area contributed by atoms with Crippen LogP contribution in [0.1, 0.15) is 26.7 Å². The predicted octanol–water partition coefficient (Wildman–Crippen LogP) is 1.31. The van der Waals surface area contributed by atoms with Crippen molar-refractivity contribution in [2.45, 2.75) is 26.7 Å². The highest BCUT2D eigenvalue weighted by Gasteiger charge is 2.25. The first-order valence-corrected chi connectivity index (χ1v) is 6.26. The molecule has 102 valence electrons. The van der Waals surface area contributed by atoms with E-state index >= 15 is 0 Å². The lowest BCUT2D eigenvalue weighted by atomic mass is 9.83. The number of nitrogen functional groups attached to an aromatic ring is 1. The summed E-state index contributed by atoms with van der Waals surface area (Å²) in [7, 11) is 1.78. The van der Waals surface area contributed by atoms with Gasteiger partial charge in [0.1, 0.15) is 11.6 Å². The van der Waals surface area contributed by atoms with Gasteiger partial charge in [0.2, 0.25) is 5.95 Å². The molecule has 0 fully saturated rings. The van der Waals surface area contributed by atoms with Crippen LogP contribution in [0.5, 0.6) is 0 Å². The van der Waals surface area contributed by atoms with Crippen molar-refractivity contribution < 1.29 is 5.11 Å². The van der Waals surface area contributed by atoms with Crippen LogP contribution in [0.3, 0.4) is 0 Å². The molecule has 0 aromatic carbocycles. The SMILES string of the molecule is CCC(CC)(CO)CNc1cc(NC)nc(N)n1. The Labute approximate surface area is 108 Å². The minimum atomic E-state index is -0.112. The average molecular weight is 253 g/mol. The van der Waals surface area contributed by atoms with Crippen LogP contribution >= 0.6 is 0 Å². The van der Waals surface area contributed by atoms with Gasteiger partial charge >= 0.3 is 0 Å². The Morgan fingerprint density at radius 3 is 2.39 bits per heavy atom. The summed E-state index contributed by atoms with van der Waals surface area (Å²) in [5.41, 5.74) is 5.51. The van der Waals surface area contributed by atoms with E-state index in [2.05, 4.69) is 34.4 Å². The smallest absolute Gasteiger partial charge is 0.223 e. The number of aliphatic hydroxyl groups excluding tert-OH is 1. The molecule has 5 N–H and O–H groups in total. The topological polar surface area (TPSA) is 96.1 Å². The van der Waals surface area contributed by atoms with E-state index < -0.39 is 0 Å². The Balaban J connectivity index is 2.76. The fourth-order valence-corrected chi connectivity index (χ4v) is 1.74. The monoisotopic (exact) mass is 253 g/mol. The molecule has 18 heavy (non-hydrogen) atoms. The van der Waals surface area contributed by atoms with Gasteiger partial charge in [-0.05, 0) is 12.8 Å². The predicted molar refractivity (Wildman–Crippen MR) is 74.6 cm³/mol. The van der Waals surface area contributed by atoms with Gasteiger partial charge in [-0.1, -0.05) is 13.8 Å². The number of nitrogens with two attached hydrogens (primary N) is 1. The van der Waals surface area contributed by atoms with Gasteiger partial charge in [-0.2, -0.15) is 9.97 Å². The van der Waals surface area contributed by atoms with Gasteiger partial charge in [-0.15, -0.1) is 0 Å². The molecule has 0 saturated heterocycles. The second-order valence-corrected chi connectivity index (χ2v) is 4.47.